The Morgan fingerprint density at radius 2 is 2.37 bits per heavy atom. The zero-order valence-corrected chi connectivity index (χ0v) is 11.3. The maximum Gasteiger partial charge on any atom is 0.307 e. The van der Waals surface area contributed by atoms with E-state index in [0.717, 1.165) is 25.2 Å². The highest BCUT2D eigenvalue weighted by Crippen LogP contribution is 2.19. The molecule has 1 aromatic heterocycles. The smallest absolute Gasteiger partial charge is 0.307 e. The Bertz CT molecular complexity index is 481. The van der Waals surface area contributed by atoms with Crippen molar-refractivity contribution in [3.05, 3.63) is 17.7 Å². The molecule has 1 aliphatic rings. The summed E-state index contributed by atoms with van der Waals surface area (Å²) in [4.78, 5) is 27.2. The van der Waals surface area contributed by atoms with Crippen molar-refractivity contribution >= 4 is 11.9 Å². The largest absolute Gasteiger partial charge is 0.469 e. The van der Waals surface area contributed by atoms with Gasteiger partial charge in [-0.3, -0.25) is 9.59 Å². The van der Waals surface area contributed by atoms with Crippen LogP contribution in [0.3, 0.4) is 0 Å². The van der Waals surface area contributed by atoms with E-state index < -0.39 is 0 Å². The molecule has 104 valence electrons. The fraction of sp³-hybridized carbons (Fsp3) is 0.615. The number of esters is 1. The van der Waals surface area contributed by atoms with Gasteiger partial charge in [0.05, 0.1) is 13.5 Å². The molecule has 0 aromatic carbocycles. The number of rotatable bonds is 4. The van der Waals surface area contributed by atoms with Gasteiger partial charge in [-0.1, -0.05) is 6.92 Å². The van der Waals surface area contributed by atoms with E-state index in [9.17, 15) is 9.59 Å². The van der Waals surface area contributed by atoms with E-state index in [4.69, 9.17) is 0 Å². The number of carbonyl (C=O) groups excluding carboxylic acids is 2. The van der Waals surface area contributed by atoms with Crippen molar-refractivity contribution in [2.45, 2.75) is 32.7 Å². The Morgan fingerprint density at radius 1 is 1.58 bits per heavy atom. The number of nitrogens with zero attached hydrogens (tertiary/aromatic N) is 2. The molecule has 0 aliphatic carbocycles. The molecule has 19 heavy (non-hydrogen) atoms. The molecule has 0 saturated carbocycles. The van der Waals surface area contributed by atoms with Gasteiger partial charge in [-0.2, -0.15) is 0 Å². The van der Waals surface area contributed by atoms with Crippen LogP contribution in [0.4, 0.5) is 0 Å². The lowest BCUT2D eigenvalue weighted by atomic mass is 10.0. The number of imidazole rings is 1. The van der Waals surface area contributed by atoms with E-state index in [2.05, 4.69) is 22.0 Å². The van der Waals surface area contributed by atoms with Crippen molar-refractivity contribution in [1.29, 1.82) is 0 Å². The predicted octanol–water partition coefficient (Wildman–Crippen LogP) is 0.758. The second kappa shape index (κ2) is 5.86. The predicted molar refractivity (Wildman–Crippen MR) is 68.7 cm³/mol. The molecule has 2 rings (SSSR count). The first-order chi connectivity index (χ1) is 9.10. The zero-order valence-electron chi connectivity index (χ0n) is 11.3. The molecule has 1 N–H and O–H groups in total. The molecule has 2 heterocycles. The molecular formula is C13H19N3O3. The van der Waals surface area contributed by atoms with E-state index in [1.54, 1.807) is 6.20 Å². The topological polar surface area (TPSA) is 73.2 Å². The van der Waals surface area contributed by atoms with Gasteiger partial charge in [-0.15, -0.1) is 0 Å². The molecule has 6 nitrogen and oxygen atoms in total. The Balaban J connectivity index is 1.91. The number of aryl methyl sites for hydroxylation is 1. The van der Waals surface area contributed by atoms with Crippen molar-refractivity contribution in [2.75, 3.05) is 13.7 Å². The summed E-state index contributed by atoms with van der Waals surface area (Å²) in [6, 6.07) is 0. The number of methoxy groups -OCH3 is 1. The van der Waals surface area contributed by atoms with Crippen LogP contribution in [-0.2, 0) is 22.5 Å². The third kappa shape index (κ3) is 3.33. The number of fused-ring (bicyclic) bond motifs is 1. The van der Waals surface area contributed by atoms with E-state index in [0.29, 0.717) is 11.6 Å². The van der Waals surface area contributed by atoms with Gasteiger partial charge >= 0.3 is 5.97 Å². The number of amides is 1. The van der Waals surface area contributed by atoms with Crippen LogP contribution in [-0.4, -0.2) is 35.1 Å². The summed E-state index contributed by atoms with van der Waals surface area (Å²) in [5.41, 5.74) is 0.425. The SMILES string of the molecule is COC(=O)CCNC(=O)c1cn2c(n1)C[C@@H](C)CC2. The maximum absolute atomic E-state index is 11.9. The molecule has 0 bridgehead atoms. The summed E-state index contributed by atoms with van der Waals surface area (Å²) < 4.78 is 6.54. The summed E-state index contributed by atoms with van der Waals surface area (Å²) in [6.07, 6.45) is 3.99. The fourth-order valence-corrected chi connectivity index (χ4v) is 2.16. The second-order valence-electron chi connectivity index (χ2n) is 4.92. The van der Waals surface area contributed by atoms with Gasteiger partial charge in [-0.25, -0.2) is 4.98 Å². The highest BCUT2D eigenvalue weighted by molar-refractivity contribution is 5.92. The third-order valence-corrected chi connectivity index (χ3v) is 3.33. The number of hydrogen-bond donors (Lipinski definition) is 1. The van der Waals surface area contributed by atoms with Crippen LogP contribution >= 0.6 is 0 Å². The van der Waals surface area contributed by atoms with Crippen LogP contribution in [0, 0.1) is 5.92 Å². The monoisotopic (exact) mass is 265 g/mol. The molecule has 1 atom stereocenters. The van der Waals surface area contributed by atoms with Crippen LogP contribution in [0.5, 0.6) is 0 Å². The highest BCUT2D eigenvalue weighted by atomic mass is 16.5. The van der Waals surface area contributed by atoms with Gasteiger partial charge in [0.2, 0.25) is 0 Å². The van der Waals surface area contributed by atoms with Crippen LogP contribution in [0.25, 0.3) is 0 Å². The van der Waals surface area contributed by atoms with Gasteiger partial charge in [0.25, 0.3) is 5.91 Å². The summed E-state index contributed by atoms with van der Waals surface area (Å²) in [5, 5.41) is 2.67. The van der Waals surface area contributed by atoms with Crippen molar-refractivity contribution in [2.24, 2.45) is 5.92 Å². The highest BCUT2D eigenvalue weighted by Gasteiger charge is 2.20. The minimum absolute atomic E-state index is 0.173. The van der Waals surface area contributed by atoms with E-state index in [1.807, 2.05) is 4.57 Å². The Morgan fingerprint density at radius 3 is 3.11 bits per heavy atom. The normalized spacial score (nSPS) is 17.7. The first-order valence-corrected chi connectivity index (χ1v) is 6.51. The number of nitrogens with one attached hydrogen (secondary N) is 1. The van der Waals surface area contributed by atoms with E-state index in [1.165, 1.54) is 7.11 Å². The molecule has 1 amide bonds. The Kier molecular flexibility index (Phi) is 4.19. The summed E-state index contributed by atoms with van der Waals surface area (Å²) in [7, 11) is 1.33. The Hall–Kier alpha value is -1.85. The van der Waals surface area contributed by atoms with Gasteiger partial charge < -0.3 is 14.6 Å². The van der Waals surface area contributed by atoms with Crippen molar-refractivity contribution in [1.82, 2.24) is 14.9 Å². The minimum Gasteiger partial charge on any atom is -0.469 e. The fourth-order valence-electron chi connectivity index (χ4n) is 2.16. The van der Waals surface area contributed by atoms with Crippen LogP contribution in [0.2, 0.25) is 0 Å². The molecule has 0 unspecified atom stereocenters. The molecule has 0 radical (unpaired) electrons. The lowest BCUT2D eigenvalue weighted by Gasteiger charge is -2.18. The first-order valence-electron chi connectivity index (χ1n) is 6.51. The maximum atomic E-state index is 11.9. The van der Waals surface area contributed by atoms with Crippen LogP contribution < -0.4 is 5.32 Å². The quantitative estimate of drug-likeness (QED) is 0.816. The third-order valence-electron chi connectivity index (χ3n) is 3.33. The van der Waals surface area contributed by atoms with Crippen LogP contribution in [0.1, 0.15) is 36.1 Å². The number of ether oxygens (including phenoxy) is 1. The van der Waals surface area contributed by atoms with E-state index >= 15 is 0 Å². The lowest BCUT2D eigenvalue weighted by molar-refractivity contribution is -0.140. The number of aromatic nitrogens is 2. The van der Waals surface area contributed by atoms with Crippen molar-refractivity contribution < 1.29 is 14.3 Å². The van der Waals surface area contributed by atoms with Gasteiger partial charge in [-0.05, 0) is 12.3 Å². The van der Waals surface area contributed by atoms with Gasteiger partial charge in [0.15, 0.2) is 0 Å². The zero-order chi connectivity index (χ0) is 13.8. The van der Waals surface area contributed by atoms with Crippen molar-refractivity contribution in [3.8, 4) is 0 Å². The molecule has 6 heteroatoms. The first kappa shape index (κ1) is 13.6. The molecular weight excluding hydrogens is 246 g/mol. The molecule has 1 aromatic rings. The van der Waals surface area contributed by atoms with Crippen LogP contribution in [0.15, 0.2) is 6.20 Å². The summed E-state index contributed by atoms with van der Waals surface area (Å²) in [6.45, 7) is 3.37. The molecule has 0 spiro atoms. The summed E-state index contributed by atoms with van der Waals surface area (Å²) >= 11 is 0. The summed E-state index contributed by atoms with van der Waals surface area (Å²) in [5.74, 6) is 1.01. The lowest BCUT2D eigenvalue weighted by Crippen LogP contribution is -2.26. The standard InChI is InChI=1S/C13H19N3O3/c1-9-4-6-16-8-10(15-11(16)7-9)13(18)14-5-3-12(17)19-2/h8-9H,3-7H2,1-2H3,(H,14,18)/t9-/m0/s1. The number of carbonyl (C=O) groups is 2. The van der Waals surface area contributed by atoms with Crippen molar-refractivity contribution in [3.63, 3.8) is 0 Å². The molecule has 0 fully saturated rings. The minimum atomic E-state index is -0.335. The van der Waals surface area contributed by atoms with Gasteiger partial charge in [0.1, 0.15) is 11.5 Å². The second-order valence-corrected chi connectivity index (χ2v) is 4.92. The average Bonchev–Trinajstić information content (AvgIpc) is 2.81. The molecule has 1 aliphatic heterocycles. The molecule has 0 saturated heterocycles. The average molecular weight is 265 g/mol. The van der Waals surface area contributed by atoms with Gasteiger partial charge in [0, 0.05) is 25.7 Å². The Labute approximate surface area is 112 Å². The number of hydrogen-bond acceptors (Lipinski definition) is 4. The van der Waals surface area contributed by atoms with E-state index in [-0.39, 0.29) is 24.8 Å².